The molecule has 0 aromatic heterocycles. The van der Waals surface area contributed by atoms with E-state index in [4.69, 9.17) is 17.8 Å². The molecule has 0 aliphatic rings. The van der Waals surface area contributed by atoms with Crippen LogP contribution in [0.5, 0.6) is 23.0 Å². The van der Waals surface area contributed by atoms with Crippen molar-refractivity contribution in [3.05, 3.63) is 84.9 Å². The molecule has 9 aromatic carbocycles. The van der Waals surface area contributed by atoms with E-state index in [1.165, 1.54) is 0 Å². The fourth-order valence-electron chi connectivity index (χ4n) is 7.66. The van der Waals surface area contributed by atoms with Gasteiger partial charge in [-0.05, 0) is 56.6 Å². The van der Waals surface area contributed by atoms with Gasteiger partial charge in [0.2, 0.25) is 0 Å². The van der Waals surface area contributed by atoms with Gasteiger partial charge in [-0.2, -0.15) is 0 Å². The normalized spacial score (nSPS) is 12.4. The Kier molecular flexibility index (Phi) is 9.26. The van der Waals surface area contributed by atoms with E-state index in [0.717, 1.165) is 21.5 Å². The van der Waals surface area contributed by atoms with Crippen LogP contribution >= 0.6 is 0 Å². The van der Waals surface area contributed by atoms with E-state index in [9.17, 15) is 25.9 Å². The van der Waals surface area contributed by atoms with Crippen LogP contribution in [0.25, 0.3) is 86.2 Å². The number of hydrogen-bond acceptors (Lipinski definition) is 10. The maximum atomic E-state index is 12.0. The third kappa shape index (κ3) is 5.31. The van der Waals surface area contributed by atoms with Gasteiger partial charge in [-0.25, -0.2) is 16.8 Å². The number of methoxy groups -OCH3 is 2. The van der Waals surface area contributed by atoms with Gasteiger partial charge in [0.25, 0.3) is 20.8 Å². The van der Waals surface area contributed by atoms with E-state index in [0.29, 0.717) is 76.1 Å². The van der Waals surface area contributed by atoms with Crippen molar-refractivity contribution >= 4 is 107 Å². The molecule has 238 valence electrons. The molecule has 50 heavy (non-hydrogen) atoms. The summed E-state index contributed by atoms with van der Waals surface area (Å²) in [6.45, 7) is 0. The Bertz CT molecular complexity index is 2880. The molecule has 0 spiro atoms. The molecule has 0 bridgehead atoms. The SMILES string of the molecule is COc1cc2c3ccccc3c(OS(=O)(=O)[O-])c3ccc4c5ccc6c(OS(=O)(=O)[O-])c7ccccc7c7cc(OC)c(c1c4c32)c5c67.[K+].[K+]. The molecule has 0 aliphatic carbocycles. The largest absolute Gasteiger partial charge is 1.00 e. The number of benzene rings is 9. The first kappa shape index (κ1) is 36.2. The Hall–Kier alpha value is -2.13. The van der Waals surface area contributed by atoms with Crippen LogP contribution in [0.2, 0.25) is 0 Å². The zero-order valence-electron chi connectivity index (χ0n) is 27.0. The monoisotopic (exact) mass is 754 g/mol. The van der Waals surface area contributed by atoms with Crippen molar-refractivity contribution in [2.45, 2.75) is 0 Å². The second kappa shape index (κ2) is 12.8. The molecule has 0 N–H and O–H groups in total. The van der Waals surface area contributed by atoms with Gasteiger partial charge in [0.1, 0.15) is 11.5 Å². The first-order valence-electron chi connectivity index (χ1n) is 14.6. The van der Waals surface area contributed by atoms with Gasteiger partial charge >= 0.3 is 103 Å². The van der Waals surface area contributed by atoms with Crippen molar-refractivity contribution < 1.29 is 147 Å². The fraction of sp³-hybridized carbons (Fsp3) is 0.0556. The Morgan fingerprint density at radius 2 is 0.760 bits per heavy atom. The van der Waals surface area contributed by atoms with Crippen molar-refractivity contribution in [2.75, 3.05) is 14.2 Å². The summed E-state index contributed by atoms with van der Waals surface area (Å²) >= 11 is 0. The second-order valence-corrected chi connectivity index (χ2v) is 13.5. The molecule has 0 atom stereocenters. The summed E-state index contributed by atoms with van der Waals surface area (Å²) in [6, 6.07) is 25.0. The van der Waals surface area contributed by atoms with E-state index in [-0.39, 0.29) is 114 Å². The number of rotatable bonds is 6. The molecule has 0 aliphatic heterocycles. The third-order valence-corrected chi connectivity index (χ3v) is 10.00. The molecule has 0 saturated heterocycles. The minimum Gasteiger partial charge on any atom is -0.716 e. The molecular formula is C36H20K2O10S2. The molecule has 9 rings (SSSR count). The summed E-state index contributed by atoms with van der Waals surface area (Å²) in [6.07, 6.45) is 0. The van der Waals surface area contributed by atoms with Crippen LogP contribution in [-0.4, -0.2) is 40.2 Å². The molecular weight excluding hydrogens is 735 g/mol. The van der Waals surface area contributed by atoms with Crippen LogP contribution in [0.15, 0.2) is 84.9 Å². The second-order valence-electron chi connectivity index (χ2n) is 11.6. The average molecular weight is 755 g/mol. The summed E-state index contributed by atoms with van der Waals surface area (Å²) in [7, 11) is -7.18. The van der Waals surface area contributed by atoms with E-state index >= 15 is 0 Å². The zero-order valence-corrected chi connectivity index (χ0v) is 34.9. The average Bonchev–Trinajstić information content (AvgIpc) is 3.06. The summed E-state index contributed by atoms with van der Waals surface area (Å²) in [5.74, 6) is 0.834. The summed E-state index contributed by atoms with van der Waals surface area (Å²) < 4.78 is 94.5. The minimum absolute atomic E-state index is 0. The fourth-order valence-corrected chi connectivity index (χ4v) is 8.43. The van der Waals surface area contributed by atoms with E-state index in [2.05, 4.69) is 0 Å². The van der Waals surface area contributed by atoms with Gasteiger partial charge in [0, 0.05) is 53.9 Å². The summed E-state index contributed by atoms with van der Waals surface area (Å²) in [4.78, 5) is 0. The molecule has 10 nitrogen and oxygen atoms in total. The first-order chi connectivity index (χ1) is 23.0. The zero-order chi connectivity index (χ0) is 33.3. The van der Waals surface area contributed by atoms with Crippen molar-refractivity contribution in [2.24, 2.45) is 0 Å². The van der Waals surface area contributed by atoms with E-state index < -0.39 is 20.8 Å². The quantitative estimate of drug-likeness (QED) is 0.0804. The van der Waals surface area contributed by atoms with Gasteiger partial charge in [0.15, 0.2) is 11.5 Å². The molecule has 0 saturated carbocycles. The number of hydrogen-bond donors (Lipinski definition) is 0. The van der Waals surface area contributed by atoms with Gasteiger partial charge in [0.05, 0.1) is 14.2 Å². The van der Waals surface area contributed by atoms with Gasteiger partial charge < -0.3 is 26.9 Å². The predicted octanol–water partition coefficient (Wildman–Crippen LogP) is 1.49. The van der Waals surface area contributed by atoms with Crippen LogP contribution < -0.4 is 121 Å². The minimum atomic E-state index is -5.14. The van der Waals surface area contributed by atoms with Crippen LogP contribution in [0, 0.1) is 0 Å². The Morgan fingerprint density at radius 3 is 1.10 bits per heavy atom. The molecule has 0 unspecified atom stereocenters. The topological polar surface area (TPSA) is 151 Å². The molecule has 0 amide bonds. The van der Waals surface area contributed by atoms with Gasteiger partial charge in [-0.3, -0.25) is 0 Å². The number of ether oxygens (including phenoxy) is 2. The maximum absolute atomic E-state index is 12.0. The van der Waals surface area contributed by atoms with Crippen LogP contribution in [-0.2, 0) is 20.8 Å². The van der Waals surface area contributed by atoms with Crippen molar-refractivity contribution in [1.29, 1.82) is 0 Å². The Balaban J connectivity index is 0.00000196. The summed E-state index contributed by atoms with van der Waals surface area (Å²) in [5, 5.41) is 10.1. The Labute approximate surface area is 370 Å². The van der Waals surface area contributed by atoms with E-state index in [1.807, 2.05) is 48.5 Å². The van der Waals surface area contributed by atoms with Crippen LogP contribution in [0.1, 0.15) is 0 Å². The van der Waals surface area contributed by atoms with Gasteiger partial charge in [-0.1, -0.05) is 60.7 Å². The van der Waals surface area contributed by atoms with Crippen molar-refractivity contribution in [1.82, 2.24) is 0 Å². The summed E-state index contributed by atoms with van der Waals surface area (Å²) in [5.41, 5.74) is 0. The van der Waals surface area contributed by atoms with Crippen molar-refractivity contribution in [3.8, 4) is 23.0 Å². The molecule has 9 aromatic rings. The number of fused-ring (bicyclic) bond motifs is 6. The molecule has 14 heteroatoms. The van der Waals surface area contributed by atoms with Gasteiger partial charge in [-0.15, -0.1) is 0 Å². The van der Waals surface area contributed by atoms with Crippen molar-refractivity contribution in [3.63, 3.8) is 0 Å². The maximum Gasteiger partial charge on any atom is 1.00 e. The molecule has 0 radical (unpaired) electrons. The molecule has 0 fully saturated rings. The smallest absolute Gasteiger partial charge is 0.716 e. The van der Waals surface area contributed by atoms with Crippen LogP contribution in [0.4, 0.5) is 0 Å². The standard InChI is InChI=1S/C36H22O10S2.2K/c1-43-27-15-25-17-7-3-5-9-21(17)35(45-47(37,38)39)23-13-11-19-20-12-14-24-30-26(18-8-4-6-10-22(18)36(24)46-48(40,41)42)16-28(44-2)34(32(20)30)33(27)31(19)29(23)25;;/h3-16H,1-2H3,(H,37,38,39)(H,40,41,42);;/q;2*+1/p-2. The molecule has 0 heterocycles. The van der Waals surface area contributed by atoms with Crippen LogP contribution in [0.3, 0.4) is 0 Å². The Morgan fingerprint density at radius 1 is 0.420 bits per heavy atom. The first-order valence-corrected chi connectivity index (χ1v) is 17.3. The predicted molar refractivity (Wildman–Crippen MR) is 183 cm³/mol. The van der Waals surface area contributed by atoms with E-state index in [1.54, 1.807) is 50.6 Å². The third-order valence-electron chi connectivity index (χ3n) is 9.26.